The summed E-state index contributed by atoms with van der Waals surface area (Å²) in [6, 6.07) is 35.9. The molecule has 0 aromatic heterocycles. The quantitative estimate of drug-likeness (QED) is 0.0789. The van der Waals surface area contributed by atoms with E-state index >= 15 is 0 Å². The Morgan fingerprint density at radius 2 is 0.814 bits per heavy atom. The van der Waals surface area contributed by atoms with E-state index in [1.165, 1.54) is 0 Å². The molecule has 1 heterocycles. The molecule has 0 spiro atoms. The maximum Gasteiger partial charge on any atom is 0.231 e. The molecule has 0 saturated heterocycles. The lowest BCUT2D eigenvalue weighted by atomic mass is 10.0. The van der Waals surface area contributed by atoms with Gasteiger partial charge in [0.2, 0.25) is 6.79 Å². The topological polar surface area (TPSA) is 92.3 Å². The van der Waals surface area contributed by atoms with Crippen molar-refractivity contribution in [2.75, 3.05) is 49.5 Å². The van der Waals surface area contributed by atoms with E-state index in [0.29, 0.717) is 65.3 Å². The lowest BCUT2D eigenvalue weighted by Crippen LogP contribution is -2.01. The van der Waals surface area contributed by atoms with Crippen molar-refractivity contribution in [2.45, 2.75) is 38.5 Å². The van der Waals surface area contributed by atoms with Crippen molar-refractivity contribution < 1.29 is 47.4 Å². The summed E-state index contributed by atoms with van der Waals surface area (Å²) >= 11 is 0. The van der Waals surface area contributed by atoms with Crippen molar-refractivity contribution in [3.05, 3.63) is 143 Å². The molecule has 6 aromatic carbocycles. The van der Waals surface area contributed by atoms with Crippen LogP contribution in [0.25, 0.3) is 0 Å². The van der Waals surface area contributed by atoms with Crippen LogP contribution in [0.1, 0.15) is 33.4 Å². The predicted molar refractivity (Wildman–Crippen MR) is 226 cm³/mol. The van der Waals surface area contributed by atoms with Crippen LogP contribution >= 0.6 is 0 Å². The van der Waals surface area contributed by atoms with E-state index in [2.05, 4.69) is 18.2 Å². The fourth-order valence-corrected chi connectivity index (χ4v) is 7.16. The van der Waals surface area contributed by atoms with E-state index in [-0.39, 0.29) is 6.79 Å². The molecule has 10 heteroatoms. The number of hydrogen-bond acceptors (Lipinski definition) is 10. The number of fused-ring (bicyclic) bond motifs is 1. The molecule has 1 aliphatic rings. The summed E-state index contributed by atoms with van der Waals surface area (Å²) in [4.78, 5) is 0. The molecule has 0 N–H and O–H groups in total. The second-order valence-corrected chi connectivity index (χ2v) is 14.0. The Hall–Kier alpha value is -6.68. The molecule has 0 aliphatic carbocycles. The average molecular weight is 799 g/mol. The smallest absolute Gasteiger partial charge is 0.231 e. The van der Waals surface area contributed by atoms with Crippen LogP contribution in [-0.2, 0) is 38.5 Å². The first-order valence-electron chi connectivity index (χ1n) is 19.5. The van der Waals surface area contributed by atoms with Gasteiger partial charge in [0.15, 0.2) is 34.5 Å². The number of benzene rings is 6. The Balaban J connectivity index is 1.20. The number of aryl methyl sites for hydroxylation is 6. The van der Waals surface area contributed by atoms with Crippen molar-refractivity contribution in [1.29, 1.82) is 0 Å². The minimum absolute atomic E-state index is 0.230. The number of methoxy groups -OCH3 is 6. The number of rotatable bonds is 19. The van der Waals surface area contributed by atoms with Gasteiger partial charge in [-0.1, -0.05) is 30.3 Å². The van der Waals surface area contributed by atoms with E-state index in [1.54, 1.807) is 42.7 Å². The molecule has 59 heavy (non-hydrogen) atoms. The Bertz CT molecular complexity index is 2240. The molecule has 0 saturated carbocycles. The van der Waals surface area contributed by atoms with Crippen molar-refractivity contribution in [3.63, 3.8) is 0 Å². The van der Waals surface area contributed by atoms with Crippen LogP contribution in [0.15, 0.2) is 109 Å². The minimum atomic E-state index is 0.230. The molecule has 0 bridgehead atoms. The molecule has 7 rings (SSSR count). The Labute approximate surface area is 346 Å². The number of hydrogen-bond donors (Lipinski definition) is 0. The van der Waals surface area contributed by atoms with Crippen LogP contribution in [0, 0.1) is 0 Å². The average Bonchev–Trinajstić information content (AvgIpc) is 3.75. The Kier molecular flexibility index (Phi) is 13.2. The summed E-state index contributed by atoms with van der Waals surface area (Å²) in [5, 5.41) is 0. The van der Waals surface area contributed by atoms with Crippen LogP contribution in [0.4, 0.5) is 0 Å². The summed E-state index contributed by atoms with van der Waals surface area (Å²) < 4.78 is 58.8. The summed E-state index contributed by atoms with van der Waals surface area (Å²) in [5.74, 6) is 7.92. The molecule has 10 nitrogen and oxygen atoms in total. The summed E-state index contributed by atoms with van der Waals surface area (Å²) in [5.41, 5.74) is 6.39. The van der Waals surface area contributed by atoms with Gasteiger partial charge in [0.1, 0.15) is 34.5 Å². The molecule has 0 atom stereocenters. The second kappa shape index (κ2) is 19.2. The van der Waals surface area contributed by atoms with E-state index < -0.39 is 0 Å². The zero-order chi connectivity index (χ0) is 41.1. The van der Waals surface area contributed by atoms with Gasteiger partial charge in [-0.25, -0.2) is 0 Å². The molecule has 0 amide bonds. The highest BCUT2D eigenvalue weighted by molar-refractivity contribution is 5.56. The predicted octanol–water partition coefficient (Wildman–Crippen LogP) is 10.4. The van der Waals surface area contributed by atoms with Gasteiger partial charge in [-0.3, -0.25) is 0 Å². The lowest BCUT2D eigenvalue weighted by Gasteiger charge is -2.18. The van der Waals surface area contributed by atoms with E-state index in [0.717, 1.165) is 75.6 Å². The molecule has 306 valence electrons. The first kappa shape index (κ1) is 40.5. The summed E-state index contributed by atoms with van der Waals surface area (Å²) in [6.07, 6.45) is 4.41. The van der Waals surface area contributed by atoms with Crippen LogP contribution in [0.2, 0.25) is 0 Å². The SMILES string of the molecule is COc1cccc(CCc2cc(Oc3cc(CCc4ccc5c(c4)OCO5)cc(Oc4cc(CCc5cccc(OC)c5)c(OC)cc4OC)c3)c(OC)cc2OC)c1. The maximum absolute atomic E-state index is 6.71. The van der Waals surface area contributed by atoms with Crippen molar-refractivity contribution in [1.82, 2.24) is 0 Å². The van der Waals surface area contributed by atoms with E-state index in [4.69, 9.17) is 47.4 Å². The van der Waals surface area contributed by atoms with Crippen LogP contribution in [0.5, 0.6) is 69.0 Å². The van der Waals surface area contributed by atoms with Gasteiger partial charge in [-0.05, 0) is 133 Å². The normalized spacial score (nSPS) is 11.5. The van der Waals surface area contributed by atoms with Gasteiger partial charge in [0.25, 0.3) is 0 Å². The fourth-order valence-electron chi connectivity index (χ4n) is 7.16. The van der Waals surface area contributed by atoms with Gasteiger partial charge in [-0.2, -0.15) is 0 Å². The van der Waals surface area contributed by atoms with Gasteiger partial charge >= 0.3 is 0 Å². The third kappa shape index (κ3) is 10.1. The lowest BCUT2D eigenvalue weighted by molar-refractivity contribution is 0.174. The molecular weight excluding hydrogens is 749 g/mol. The number of ether oxygens (including phenoxy) is 10. The van der Waals surface area contributed by atoms with Crippen LogP contribution < -0.4 is 47.4 Å². The summed E-state index contributed by atoms with van der Waals surface area (Å²) in [7, 11) is 9.91. The third-order valence-corrected chi connectivity index (χ3v) is 10.3. The third-order valence-electron chi connectivity index (χ3n) is 10.3. The van der Waals surface area contributed by atoms with Gasteiger partial charge in [-0.15, -0.1) is 0 Å². The van der Waals surface area contributed by atoms with E-state index in [1.807, 2.05) is 91.0 Å². The Morgan fingerprint density at radius 3 is 1.32 bits per heavy atom. The van der Waals surface area contributed by atoms with E-state index in [9.17, 15) is 0 Å². The first-order chi connectivity index (χ1) is 28.9. The molecule has 0 radical (unpaired) electrons. The molecule has 0 unspecified atom stereocenters. The highest BCUT2D eigenvalue weighted by atomic mass is 16.7. The van der Waals surface area contributed by atoms with Crippen LogP contribution in [-0.4, -0.2) is 49.5 Å². The molecule has 0 fully saturated rings. The largest absolute Gasteiger partial charge is 0.497 e. The van der Waals surface area contributed by atoms with Gasteiger partial charge in [0.05, 0.1) is 42.7 Å². The van der Waals surface area contributed by atoms with Crippen LogP contribution in [0.3, 0.4) is 0 Å². The highest BCUT2D eigenvalue weighted by Gasteiger charge is 2.19. The zero-order valence-corrected chi connectivity index (χ0v) is 34.4. The fraction of sp³-hybridized carbons (Fsp3) is 0.265. The minimum Gasteiger partial charge on any atom is -0.497 e. The van der Waals surface area contributed by atoms with Gasteiger partial charge in [0, 0.05) is 18.2 Å². The molecule has 6 aromatic rings. The van der Waals surface area contributed by atoms with Gasteiger partial charge < -0.3 is 47.4 Å². The standard InChI is InChI=1S/C49H50O10/c1-50-38-11-7-9-32(21-38)15-18-36-26-48(45(54-5)29-43(36)52-3)58-40-23-35(14-13-34-17-20-42-47(25-34)57-31-56-42)24-41(28-40)59-49-27-37(44(53-4)30-46(49)55-6)19-16-33-10-8-12-39(22-33)51-2/h7-12,17,20-30H,13-16,18-19,31H2,1-6H3. The molecular formula is C49H50O10. The first-order valence-corrected chi connectivity index (χ1v) is 19.5. The zero-order valence-electron chi connectivity index (χ0n) is 34.4. The summed E-state index contributed by atoms with van der Waals surface area (Å²) in [6.45, 7) is 0.230. The monoisotopic (exact) mass is 798 g/mol. The maximum atomic E-state index is 6.71. The van der Waals surface area contributed by atoms with Crippen molar-refractivity contribution in [3.8, 4) is 69.0 Å². The van der Waals surface area contributed by atoms with Crippen molar-refractivity contribution >= 4 is 0 Å². The van der Waals surface area contributed by atoms with Crippen molar-refractivity contribution in [2.24, 2.45) is 0 Å². The Morgan fingerprint density at radius 1 is 0.356 bits per heavy atom. The second-order valence-electron chi connectivity index (χ2n) is 14.0. The highest BCUT2D eigenvalue weighted by Crippen LogP contribution is 2.42. The molecule has 1 aliphatic heterocycles.